The number of nitrogens with zero attached hydrogens (tertiary/aromatic N) is 3. The molecule has 0 bridgehead atoms. The lowest BCUT2D eigenvalue weighted by Crippen LogP contribution is -2.56. The fourth-order valence-electron chi connectivity index (χ4n) is 4.35. The third-order valence-corrected chi connectivity index (χ3v) is 6.68. The maximum Gasteiger partial charge on any atom is 0.262 e. The zero-order valence-corrected chi connectivity index (χ0v) is 19.1. The van der Waals surface area contributed by atoms with Crippen molar-refractivity contribution in [2.45, 2.75) is 12.5 Å². The van der Waals surface area contributed by atoms with Crippen molar-refractivity contribution in [1.29, 1.82) is 0 Å². The molecule has 1 fully saturated rings. The second-order valence-electron chi connectivity index (χ2n) is 7.81. The number of anilines is 1. The van der Waals surface area contributed by atoms with E-state index < -0.39 is 6.04 Å². The van der Waals surface area contributed by atoms with E-state index in [0.29, 0.717) is 49.5 Å². The summed E-state index contributed by atoms with van der Waals surface area (Å²) in [6.45, 7) is 2.36. The summed E-state index contributed by atoms with van der Waals surface area (Å²) < 4.78 is 5.47. The summed E-state index contributed by atoms with van der Waals surface area (Å²) in [7, 11) is 1.65. The predicted octanol–water partition coefficient (Wildman–Crippen LogP) is 2.76. The highest BCUT2D eigenvalue weighted by Gasteiger charge is 2.43. The van der Waals surface area contributed by atoms with E-state index in [0.717, 1.165) is 11.4 Å². The molecule has 0 radical (unpaired) electrons. The number of para-hydroxylation sites is 2. The minimum absolute atomic E-state index is 0.159. The molecule has 32 heavy (non-hydrogen) atoms. The summed E-state index contributed by atoms with van der Waals surface area (Å²) in [6, 6.07) is 13.8. The van der Waals surface area contributed by atoms with Crippen molar-refractivity contribution in [3.05, 3.63) is 59.7 Å². The van der Waals surface area contributed by atoms with Gasteiger partial charge >= 0.3 is 0 Å². The molecule has 2 aromatic carbocycles. The third-order valence-electron chi connectivity index (χ3n) is 6.03. The first-order valence-electron chi connectivity index (χ1n) is 10.7. The number of ether oxygens (including phenoxy) is 1. The number of hydrogen-bond donors (Lipinski definition) is 0. The number of benzene rings is 2. The average molecular weight is 454 g/mol. The summed E-state index contributed by atoms with van der Waals surface area (Å²) in [5, 5.41) is 0. The first kappa shape index (κ1) is 22.2. The highest BCUT2D eigenvalue weighted by atomic mass is 32.2. The molecule has 0 aliphatic carbocycles. The molecule has 7 nitrogen and oxygen atoms in total. The Morgan fingerprint density at radius 2 is 1.56 bits per heavy atom. The maximum atomic E-state index is 13.5. The molecule has 168 valence electrons. The van der Waals surface area contributed by atoms with Gasteiger partial charge in [0.2, 0.25) is 5.91 Å². The number of imide groups is 1. The SMILES string of the molecule is COc1ccccc1N1CCN(C(=O)C(CCSC)N2C(=O)c3ccccc3C2=O)CC1. The molecule has 1 atom stereocenters. The van der Waals surface area contributed by atoms with Gasteiger partial charge in [0.15, 0.2) is 0 Å². The van der Waals surface area contributed by atoms with Crippen LogP contribution in [0.3, 0.4) is 0 Å². The van der Waals surface area contributed by atoms with Crippen molar-refractivity contribution in [1.82, 2.24) is 9.80 Å². The first-order valence-corrected chi connectivity index (χ1v) is 12.1. The van der Waals surface area contributed by atoms with Crippen molar-refractivity contribution < 1.29 is 19.1 Å². The van der Waals surface area contributed by atoms with E-state index in [1.807, 2.05) is 30.5 Å². The van der Waals surface area contributed by atoms with Gasteiger partial charge in [0.25, 0.3) is 11.8 Å². The van der Waals surface area contributed by atoms with Crippen molar-refractivity contribution in [3.8, 4) is 5.75 Å². The Balaban J connectivity index is 1.50. The molecule has 2 aromatic rings. The van der Waals surface area contributed by atoms with Gasteiger partial charge in [0.05, 0.1) is 23.9 Å². The van der Waals surface area contributed by atoms with Gasteiger partial charge in [-0.25, -0.2) is 0 Å². The van der Waals surface area contributed by atoms with Crippen molar-refractivity contribution in [2.24, 2.45) is 0 Å². The van der Waals surface area contributed by atoms with Crippen LogP contribution in [0.2, 0.25) is 0 Å². The Bertz CT molecular complexity index is 985. The molecule has 1 unspecified atom stereocenters. The quantitative estimate of drug-likeness (QED) is 0.601. The number of piperazine rings is 1. The van der Waals surface area contributed by atoms with Gasteiger partial charge in [-0.3, -0.25) is 19.3 Å². The van der Waals surface area contributed by atoms with Crippen LogP contribution in [0, 0.1) is 0 Å². The number of rotatable bonds is 7. The number of amides is 3. The third kappa shape index (κ3) is 4.07. The van der Waals surface area contributed by atoms with Gasteiger partial charge in [-0.05, 0) is 42.7 Å². The Morgan fingerprint density at radius 1 is 0.969 bits per heavy atom. The van der Waals surface area contributed by atoms with E-state index in [1.54, 1.807) is 48.0 Å². The van der Waals surface area contributed by atoms with Crippen LogP contribution in [-0.4, -0.2) is 78.9 Å². The normalized spacial score (nSPS) is 16.9. The maximum absolute atomic E-state index is 13.5. The highest BCUT2D eigenvalue weighted by molar-refractivity contribution is 7.98. The molecule has 0 N–H and O–H groups in total. The van der Waals surface area contributed by atoms with E-state index >= 15 is 0 Å². The Morgan fingerprint density at radius 3 is 2.16 bits per heavy atom. The van der Waals surface area contributed by atoms with E-state index in [-0.39, 0.29) is 17.7 Å². The highest BCUT2D eigenvalue weighted by Crippen LogP contribution is 2.30. The molecule has 8 heteroatoms. The minimum atomic E-state index is -0.785. The van der Waals surface area contributed by atoms with Gasteiger partial charge in [-0.1, -0.05) is 24.3 Å². The fourth-order valence-corrected chi connectivity index (χ4v) is 4.81. The zero-order chi connectivity index (χ0) is 22.7. The fraction of sp³-hybridized carbons (Fsp3) is 0.375. The molecule has 3 amide bonds. The molecule has 2 aliphatic rings. The van der Waals surface area contributed by atoms with Gasteiger partial charge < -0.3 is 14.5 Å². The van der Waals surface area contributed by atoms with E-state index in [9.17, 15) is 14.4 Å². The number of carbonyl (C=O) groups excluding carboxylic acids is 3. The monoisotopic (exact) mass is 453 g/mol. The largest absolute Gasteiger partial charge is 0.495 e. The van der Waals surface area contributed by atoms with Gasteiger partial charge in [0, 0.05) is 26.2 Å². The Labute approximate surface area is 192 Å². The standard InChI is InChI=1S/C24H27N3O4S/c1-31-21-10-6-5-9-19(21)25-12-14-26(15-13-25)24(30)20(11-16-32-2)27-22(28)17-7-3-4-8-18(17)23(27)29/h3-10,20H,11-16H2,1-2H3. The summed E-state index contributed by atoms with van der Waals surface area (Å²) in [5.41, 5.74) is 1.75. The van der Waals surface area contributed by atoms with Crippen LogP contribution in [0.5, 0.6) is 5.75 Å². The van der Waals surface area contributed by atoms with Crippen molar-refractivity contribution >= 4 is 35.2 Å². The molecule has 0 aromatic heterocycles. The second-order valence-corrected chi connectivity index (χ2v) is 8.79. The van der Waals surface area contributed by atoms with E-state index in [1.165, 1.54) is 4.90 Å². The smallest absolute Gasteiger partial charge is 0.262 e. The first-order chi connectivity index (χ1) is 15.6. The van der Waals surface area contributed by atoms with Crippen LogP contribution in [-0.2, 0) is 4.79 Å². The predicted molar refractivity (Wildman–Crippen MR) is 126 cm³/mol. The van der Waals surface area contributed by atoms with Crippen LogP contribution in [0.25, 0.3) is 0 Å². The van der Waals surface area contributed by atoms with Gasteiger partial charge in [0.1, 0.15) is 11.8 Å². The molecular weight excluding hydrogens is 426 g/mol. The van der Waals surface area contributed by atoms with Crippen LogP contribution in [0.4, 0.5) is 5.69 Å². The average Bonchev–Trinajstić information content (AvgIpc) is 3.09. The number of methoxy groups -OCH3 is 1. The molecule has 4 rings (SSSR count). The summed E-state index contributed by atoms with van der Waals surface area (Å²) in [4.78, 5) is 44.7. The number of thioether (sulfide) groups is 1. The molecule has 2 heterocycles. The van der Waals surface area contributed by atoms with Crippen molar-refractivity contribution in [3.63, 3.8) is 0 Å². The lowest BCUT2D eigenvalue weighted by Gasteiger charge is -2.39. The lowest BCUT2D eigenvalue weighted by atomic mass is 10.1. The summed E-state index contributed by atoms with van der Waals surface area (Å²) >= 11 is 1.60. The van der Waals surface area contributed by atoms with Crippen LogP contribution in [0.15, 0.2) is 48.5 Å². The van der Waals surface area contributed by atoms with E-state index in [2.05, 4.69) is 4.90 Å². The number of fused-ring (bicyclic) bond motifs is 1. The van der Waals surface area contributed by atoms with Crippen molar-refractivity contribution in [2.75, 3.05) is 50.2 Å². The number of carbonyl (C=O) groups is 3. The Kier molecular flexibility index (Phi) is 6.69. The lowest BCUT2D eigenvalue weighted by molar-refractivity contribution is -0.135. The number of hydrogen-bond acceptors (Lipinski definition) is 6. The summed E-state index contributed by atoms with van der Waals surface area (Å²) in [5.74, 6) is 0.574. The van der Waals surface area contributed by atoms with Gasteiger partial charge in [-0.2, -0.15) is 11.8 Å². The van der Waals surface area contributed by atoms with E-state index in [4.69, 9.17) is 4.74 Å². The minimum Gasteiger partial charge on any atom is -0.495 e. The Hall–Kier alpha value is -3.00. The molecule has 0 saturated carbocycles. The molecule has 1 saturated heterocycles. The second kappa shape index (κ2) is 9.65. The molecular formula is C24H27N3O4S. The summed E-state index contributed by atoms with van der Waals surface area (Å²) in [6.07, 6.45) is 2.40. The zero-order valence-electron chi connectivity index (χ0n) is 18.3. The van der Waals surface area contributed by atoms with Crippen LogP contribution in [0.1, 0.15) is 27.1 Å². The molecule has 2 aliphatic heterocycles. The molecule has 0 spiro atoms. The topological polar surface area (TPSA) is 70.2 Å². The van der Waals surface area contributed by atoms with Crippen LogP contribution >= 0.6 is 11.8 Å². The van der Waals surface area contributed by atoms with Gasteiger partial charge in [-0.15, -0.1) is 0 Å². The van der Waals surface area contributed by atoms with Crippen LogP contribution < -0.4 is 9.64 Å².